The zero-order chi connectivity index (χ0) is 18.7. The van der Waals surface area contributed by atoms with Crippen molar-refractivity contribution in [2.45, 2.75) is 6.61 Å². The summed E-state index contributed by atoms with van der Waals surface area (Å²) in [5, 5.41) is 22.2. The van der Waals surface area contributed by atoms with Gasteiger partial charge in [0.15, 0.2) is 0 Å². The molecule has 1 heterocycles. The smallest absolute Gasteiger partial charge is 0.238 e. The molecule has 134 valence electrons. The van der Waals surface area contributed by atoms with E-state index in [-0.39, 0.29) is 18.2 Å². The first-order chi connectivity index (χ1) is 12.5. The van der Waals surface area contributed by atoms with Gasteiger partial charge in [-0.3, -0.25) is 9.63 Å². The first-order valence-electron chi connectivity index (χ1n) is 7.51. The van der Waals surface area contributed by atoms with Gasteiger partial charge in [-0.15, -0.1) is 0 Å². The number of aromatic nitrogens is 1. The highest BCUT2D eigenvalue weighted by Gasteiger charge is 2.21. The predicted molar refractivity (Wildman–Crippen MR) is 98.9 cm³/mol. The average molecular weight is 393 g/mol. The SMILES string of the molecule is O=CN(OCc1ccccc1)c1cc(O)n(-c2cc(Cl)cc(Cl)c2)c1O. The summed E-state index contributed by atoms with van der Waals surface area (Å²) in [6, 6.07) is 14.9. The number of aromatic hydroxyl groups is 2. The number of halogens is 2. The molecule has 6 nitrogen and oxygen atoms in total. The van der Waals surface area contributed by atoms with Crippen LogP contribution < -0.4 is 5.06 Å². The van der Waals surface area contributed by atoms with E-state index in [1.165, 1.54) is 24.3 Å². The largest absolute Gasteiger partial charge is 0.494 e. The normalized spacial score (nSPS) is 10.7. The van der Waals surface area contributed by atoms with E-state index in [0.29, 0.717) is 22.1 Å². The van der Waals surface area contributed by atoms with Crippen molar-refractivity contribution in [3.63, 3.8) is 0 Å². The molecule has 3 rings (SSSR count). The van der Waals surface area contributed by atoms with Crippen LogP contribution in [0.15, 0.2) is 54.6 Å². The molecule has 1 aromatic heterocycles. The number of amides is 1. The Labute approximate surface area is 159 Å². The van der Waals surface area contributed by atoms with Gasteiger partial charge in [-0.1, -0.05) is 53.5 Å². The predicted octanol–water partition coefficient (Wildman–Crippen LogP) is 4.29. The Morgan fingerprint density at radius 3 is 2.31 bits per heavy atom. The molecule has 0 saturated carbocycles. The van der Waals surface area contributed by atoms with E-state index in [1.54, 1.807) is 0 Å². The minimum absolute atomic E-state index is 0.0236. The van der Waals surface area contributed by atoms with E-state index in [4.69, 9.17) is 28.0 Å². The Kier molecular flexibility index (Phi) is 5.37. The van der Waals surface area contributed by atoms with Crippen molar-refractivity contribution >= 4 is 35.3 Å². The van der Waals surface area contributed by atoms with Gasteiger partial charge >= 0.3 is 0 Å². The van der Waals surface area contributed by atoms with E-state index >= 15 is 0 Å². The van der Waals surface area contributed by atoms with Crippen LogP contribution in [-0.2, 0) is 16.2 Å². The highest BCUT2D eigenvalue weighted by Crippen LogP contribution is 2.39. The molecule has 1 amide bonds. The molecule has 0 unspecified atom stereocenters. The minimum Gasteiger partial charge on any atom is -0.494 e. The maximum Gasteiger partial charge on any atom is 0.238 e. The lowest BCUT2D eigenvalue weighted by atomic mass is 10.2. The molecule has 0 fully saturated rings. The topological polar surface area (TPSA) is 74.9 Å². The molecular formula is C18H14Cl2N2O4. The van der Waals surface area contributed by atoms with Crippen LogP contribution in [0.4, 0.5) is 5.69 Å². The lowest BCUT2D eigenvalue weighted by Gasteiger charge is -2.16. The van der Waals surface area contributed by atoms with E-state index < -0.39 is 5.88 Å². The van der Waals surface area contributed by atoms with E-state index in [1.807, 2.05) is 30.3 Å². The van der Waals surface area contributed by atoms with Crippen LogP contribution in [0.1, 0.15) is 5.56 Å². The summed E-state index contributed by atoms with van der Waals surface area (Å²) in [6.07, 6.45) is 0.396. The van der Waals surface area contributed by atoms with Gasteiger partial charge in [-0.25, -0.2) is 4.57 Å². The van der Waals surface area contributed by atoms with Gasteiger partial charge in [0.05, 0.1) is 5.69 Å². The van der Waals surface area contributed by atoms with E-state index in [0.717, 1.165) is 15.2 Å². The van der Waals surface area contributed by atoms with Crippen LogP contribution in [0, 0.1) is 0 Å². The fourth-order valence-corrected chi connectivity index (χ4v) is 2.95. The number of rotatable bonds is 6. The maximum absolute atomic E-state index is 11.4. The van der Waals surface area contributed by atoms with Crippen molar-refractivity contribution < 1.29 is 19.8 Å². The lowest BCUT2D eigenvalue weighted by molar-refractivity contribution is -0.114. The Morgan fingerprint density at radius 2 is 1.69 bits per heavy atom. The van der Waals surface area contributed by atoms with Crippen LogP contribution in [-0.4, -0.2) is 21.2 Å². The van der Waals surface area contributed by atoms with Gasteiger partial charge < -0.3 is 10.2 Å². The van der Waals surface area contributed by atoms with Crippen molar-refractivity contribution in [3.8, 4) is 17.4 Å². The number of nitrogens with zero attached hydrogens (tertiary/aromatic N) is 2. The summed E-state index contributed by atoms with van der Waals surface area (Å²) in [6.45, 7) is 0.105. The molecule has 0 radical (unpaired) electrons. The summed E-state index contributed by atoms with van der Waals surface area (Å²) in [5.74, 6) is -0.716. The van der Waals surface area contributed by atoms with Crippen molar-refractivity contribution in [2.24, 2.45) is 0 Å². The maximum atomic E-state index is 11.4. The molecule has 8 heteroatoms. The van der Waals surface area contributed by atoms with Gasteiger partial charge in [0, 0.05) is 16.1 Å². The van der Waals surface area contributed by atoms with Crippen LogP contribution in [0.2, 0.25) is 10.0 Å². The molecule has 0 aliphatic heterocycles. The van der Waals surface area contributed by atoms with Crippen molar-refractivity contribution in [1.29, 1.82) is 0 Å². The summed E-state index contributed by atoms with van der Waals surface area (Å²) in [4.78, 5) is 16.8. The number of benzene rings is 2. The quantitative estimate of drug-likeness (QED) is 0.484. The molecular weight excluding hydrogens is 379 g/mol. The Balaban J connectivity index is 1.91. The molecule has 0 aliphatic rings. The lowest BCUT2D eigenvalue weighted by Crippen LogP contribution is -2.21. The standard InChI is InChI=1S/C18H14Cl2N2O4/c19-13-6-14(20)8-15(7-13)22-17(24)9-16(18(22)25)21(11-23)26-10-12-4-2-1-3-5-12/h1-9,11,24-25H,10H2. The molecule has 0 bridgehead atoms. The zero-order valence-electron chi connectivity index (χ0n) is 13.3. The summed E-state index contributed by atoms with van der Waals surface area (Å²) >= 11 is 11.9. The first-order valence-corrected chi connectivity index (χ1v) is 8.26. The molecule has 2 N–H and O–H groups in total. The number of hydroxylamine groups is 1. The van der Waals surface area contributed by atoms with Crippen LogP contribution >= 0.6 is 23.2 Å². The molecule has 26 heavy (non-hydrogen) atoms. The second-order valence-electron chi connectivity index (χ2n) is 5.36. The second-order valence-corrected chi connectivity index (χ2v) is 6.24. The second kappa shape index (κ2) is 7.70. The number of hydrogen-bond acceptors (Lipinski definition) is 4. The zero-order valence-corrected chi connectivity index (χ0v) is 14.9. The molecule has 0 spiro atoms. The van der Waals surface area contributed by atoms with E-state index in [9.17, 15) is 15.0 Å². The summed E-state index contributed by atoms with van der Waals surface area (Å²) < 4.78 is 1.09. The minimum atomic E-state index is -0.402. The molecule has 0 aliphatic carbocycles. The third-order valence-corrected chi connectivity index (χ3v) is 4.02. The third kappa shape index (κ3) is 3.77. The average Bonchev–Trinajstić information content (AvgIpc) is 2.90. The fraction of sp³-hybridized carbons (Fsp3) is 0.0556. The number of hydrogen-bond donors (Lipinski definition) is 2. The van der Waals surface area contributed by atoms with Crippen LogP contribution in [0.3, 0.4) is 0 Å². The molecule has 0 saturated heterocycles. The first kappa shape index (κ1) is 18.1. The number of anilines is 1. The Hall–Kier alpha value is -2.67. The van der Waals surface area contributed by atoms with Gasteiger partial charge in [-0.2, -0.15) is 5.06 Å². The number of carbonyl (C=O) groups is 1. The van der Waals surface area contributed by atoms with Crippen LogP contribution in [0.25, 0.3) is 5.69 Å². The van der Waals surface area contributed by atoms with Gasteiger partial charge in [-0.05, 0) is 23.8 Å². The van der Waals surface area contributed by atoms with Crippen molar-refractivity contribution in [3.05, 3.63) is 70.2 Å². The summed E-state index contributed by atoms with van der Waals surface area (Å²) in [5.41, 5.74) is 1.14. The number of carbonyl (C=O) groups excluding carboxylic acids is 1. The highest BCUT2D eigenvalue weighted by atomic mass is 35.5. The van der Waals surface area contributed by atoms with E-state index in [2.05, 4.69) is 0 Å². The Morgan fingerprint density at radius 1 is 1.04 bits per heavy atom. The third-order valence-electron chi connectivity index (χ3n) is 3.59. The molecule has 3 aromatic rings. The van der Waals surface area contributed by atoms with Gasteiger partial charge in [0.25, 0.3) is 0 Å². The molecule has 0 atom stereocenters. The van der Waals surface area contributed by atoms with Gasteiger partial charge in [0.2, 0.25) is 18.2 Å². The molecule has 2 aromatic carbocycles. The van der Waals surface area contributed by atoms with Crippen LogP contribution in [0.5, 0.6) is 11.8 Å². The van der Waals surface area contributed by atoms with Gasteiger partial charge in [0.1, 0.15) is 12.3 Å². The van der Waals surface area contributed by atoms with Crippen molar-refractivity contribution in [2.75, 3.05) is 5.06 Å². The fourth-order valence-electron chi connectivity index (χ4n) is 2.43. The van der Waals surface area contributed by atoms with Crippen molar-refractivity contribution in [1.82, 2.24) is 4.57 Å². The highest BCUT2D eigenvalue weighted by molar-refractivity contribution is 6.34. The monoisotopic (exact) mass is 392 g/mol. The Bertz CT molecular complexity index is 908. The summed E-state index contributed by atoms with van der Waals surface area (Å²) in [7, 11) is 0.